The molecule has 0 bridgehead atoms. The standard InChI is InChI=1S/C13H23NO2/c1-6-13(5)10(15)9-11(16)14(13)8-7-12(2,3)4/h9,15H,6-8H2,1-5H3. The minimum absolute atomic E-state index is 0.0638. The second-order valence-corrected chi connectivity index (χ2v) is 5.96. The molecule has 0 saturated heterocycles. The number of hydrogen-bond acceptors (Lipinski definition) is 2. The average Bonchev–Trinajstić information content (AvgIpc) is 2.35. The largest absolute Gasteiger partial charge is 0.510 e. The molecule has 0 saturated carbocycles. The van der Waals surface area contributed by atoms with Crippen LogP contribution in [-0.2, 0) is 4.79 Å². The highest BCUT2D eigenvalue weighted by molar-refractivity contribution is 5.92. The predicted molar refractivity (Wildman–Crippen MR) is 65.2 cm³/mol. The van der Waals surface area contributed by atoms with Gasteiger partial charge in [-0.25, -0.2) is 0 Å². The van der Waals surface area contributed by atoms with E-state index in [1.165, 1.54) is 6.08 Å². The van der Waals surface area contributed by atoms with Gasteiger partial charge in [0.1, 0.15) is 5.76 Å². The lowest BCUT2D eigenvalue weighted by molar-refractivity contribution is -0.129. The molecule has 1 heterocycles. The molecule has 0 aromatic heterocycles. The molecule has 1 amide bonds. The molecule has 1 N–H and O–H groups in total. The average molecular weight is 225 g/mol. The van der Waals surface area contributed by atoms with Gasteiger partial charge in [0.2, 0.25) is 0 Å². The zero-order valence-electron chi connectivity index (χ0n) is 11.0. The fraction of sp³-hybridized carbons (Fsp3) is 0.769. The molecule has 0 spiro atoms. The van der Waals surface area contributed by atoms with Crippen molar-refractivity contribution in [3.8, 4) is 0 Å². The molecule has 1 rings (SSSR count). The van der Waals surface area contributed by atoms with Crippen molar-refractivity contribution < 1.29 is 9.90 Å². The van der Waals surface area contributed by atoms with Crippen LogP contribution in [0.5, 0.6) is 0 Å². The lowest BCUT2D eigenvalue weighted by Crippen LogP contribution is -2.46. The Hall–Kier alpha value is -0.990. The summed E-state index contributed by atoms with van der Waals surface area (Å²) >= 11 is 0. The first kappa shape index (κ1) is 13.1. The Morgan fingerprint density at radius 1 is 1.44 bits per heavy atom. The van der Waals surface area contributed by atoms with E-state index in [1.54, 1.807) is 4.90 Å². The molecule has 16 heavy (non-hydrogen) atoms. The second kappa shape index (κ2) is 4.11. The summed E-state index contributed by atoms with van der Waals surface area (Å²) in [6, 6.07) is 0. The van der Waals surface area contributed by atoms with E-state index >= 15 is 0 Å². The van der Waals surface area contributed by atoms with Crippen molar-refractivity contribution >= 4 is 5.91 Å². The molecule has 3 heteroatoms. The first-order valence-corrected chi connectivity index (χ1v) is 5.93. The summed E-state index contributed by atoms with van der Waals surface area (Å²) < 4.78 is 0. The maximum atomic E-state index is 11.8. The summed E-state index contributed by atoms with van der Waals surface area (Å²) in [4.78, 5) is 13.6. The van der Waals surface area contributed by atoms with Crippen molar-refractivity contribution in [2.75, 3.05) is 6.54 Å². The van der Waals surface area contributed by atoms with Crippen LogP contribution in [0.4, 0.5) is 0 Å². The first-order chi connectivity index (χ1) is 7.20. The third-order valence-corrected chi connectivity index (χ3v) is 3.45. The smallest absolute Gasteiger partial charge is 0.250 e. The van der Waals surface area contributed by atoms with Crippen molar-refractivity contribution in [2.24, 2.45) is 5.41 Å². The summed E-state index contributed by atoms with van der Waals surface area (Å²) in [5, 5.41) is 9.82. The van der Waals surface area contributed by atoms with Crippen molar-refractivity contribution in [2.45, 2.75) is 53.0 Å². The molecule has 1 aliphatic rings. The van der Waals surface area contributed by atoms with Crippen LogP contribution in [0.3, 0.4) is 0 Å². The van der Waals surface area contributed by atoms with Crippen LogP contribution in [0.25, 0.3) is 0 Å². The van der Waals surface area contributed by atoms with E-state index in [2.05, 4.69) is 20.8 Å². The van der Waals surface area contributed by atoms with E-state index in [9.17, 15) is 9.90 Å². The van der Waals surface area contributed by atoms with Crippen LogP contribution in [-0.4, -0.2) is 28.0 Å². The Balaban J connectivity index is 2.77. The van der Waals surface area contributed by atoms with Crippen molar-refractivity contribution in [3.63, 3.8) is 0 Å². The maximum Gasteiger partial charge on any atom is 0.250 e. The topological polar surface area (TPSA) is 40.5 Å². The number of rotatable bonds is 3. The lowest BCUT2D eigenvalue weighted by atomic mass is 9.90. The highest BCUT2D eigenvalue weighted by Gasteiger charge is 2.42. The predicted octanol–water partition coefficient (Wildman–Crippen LogP) is 2.88. The third-order valence-electron chi connectivity index (χ3n) is 3.45. The van der Waals surface area contributed by atoms with Crippen molar-refractivity contribution in [3.05, 3.63) is 11.8 Å². The Morgan fingerprint density at radius 2 is 2.00 bits per heavy atom. The van der Waals surface area contributed by atoms with E-state index in [1.807, 2.05) is 13.8 Å². The molecular formula is C13H23NO2. The van der Waals surface area contributed by atoms with Gasteiger partial charge in [0.15, 0.2) is 0 Å². The summed E-state index contributed by atoms with van der Waals surface area (Å²) in [5.41, 5.74) is -0.296. The number of carbonyl (C=O) groups excluding carboxylic acids is 1. The monoisotopic (exact) mass is 225 g/mol. The minimum Gasteiger partial charge on any atom is -0.510 e. The van der Waals surface area contributed by atoms with E-state index in [4.69, 9.17) is 0 Å². The molecule has 3 nitrogen and oxygen atoms in total. The van der Waals surface area contributed by atoms with Gasteiger partial charge < -0.3 is 10.0 Å². The summed E-state index contributed by atoms with van der Waals surface area (Å²) in [7, 11) is 0. The normalized spacial score (nSPS) is 26.2. The van der Waals surface area contributed by atoms with Crippen LogP contribution >= 0.6 is 0 Å². The van der Waals surface area contributed by atoms with Gasteiger partial charge in [-0.15, -0.1) is 0 Å². The fourth-order valence-corrected chi connectivity index (χ4v) is 1.91. The van der Waals surface area contributed by atoms with Gasteiger partial charge in [-0.2, -0.15) is 0 Å². The molecule has 1 unspecified atom stereocenters. The van der Waals surface area contributed by atoms with Crippen LogP contribution in [0, 0.1) is 5.41 Å². The summed E-state index contributed by atoms with van der Waals surface area (Å²) in [6.07, 6.45) is 3.03. The quantitative estimate of drug-likeness (QED) is 0.802. The van der Waals surface area contributed by atoms with E-state index in [0.717, 1.165) is 12.8 Å². The van der Waals surface area contributed by atoms with Gasteiger partial charge in [0, 0.05) is 12.6 Å². The fourth-order valence-electron chi connectivity index (χ4n) is 1.91. The highest BCUT2D eigenvalue weighted by atomic mass is 16.3. The maximum absolute atomic E-state index is 11.8. The number of aliphatic hydroxyl groups is 1. The first-order valence-electron chi connectivity index (χ1n) is 5.93. The minimum atomic E-state index is -0.498. The number of amides is 1. The Kier molecular flexibility index (Phi) is 3.36. The van der Waals surface area contributed by atoms with Gasteiger partial charge in [0.25, 0.3) is 5.91 Å². The SMILES string of the molecule is CCC1(C)C(O)=CC(=O)N1CCC(C)(C)C. The van der Waals surface area contributed by atoms with Gasteiger partial charge in [-0.3, -0.25) is 4.79 Å². The van der Waals surface area contributed by atoms with Crippen LogP contribution in [0.2, 0.25) is 0 Å². The Morgan fingerprint density at radius 3 is 2.44 bits per heavy atom. The van der Waals surface area contributed by atoms with Crippen LogP contribution < -0.4 is 0 Å². The lowest BCUT2D eigenvalue weighted by Gasteiger charge is -2.36. The van der Waals surface area contributed by atoms with Gasteiger partial charge in [-0.05, 0) is 25.2 Å². The molecule has 92 valence electrons. The number of aliphatic hydroxyl groups excluding tert-OH is 1. The Bertz CT molecular complexity index is 314. The number of carbonyl (C=O) groups is 1. The third kappa shape index (κ3) is 2.39. The van der Waals surface area contributed by atoms with E-state index in [0.29, 0.717) is 6.54 Å². The summed E-state index contributed by atoms with van der Waals surface area (Å²) in [5.74, 6) is 0.139. The molecular weight excluding hydrogens is 202 g/mol. The highest BCUT2D eigenvalue weighted by Crippen LogP contribution is 2.33. The molecule has 0 radical (unpaired) electrons. The van der Waals surface area contributed by atoms with Crippen LogP contribution in [0.1, 0.15) is 47.5 Å². The van der Waals surface area contributed by atoms with Crippen molar-refractivity contribution in [1.29, 1.82) is 0 Å². The Labute approximate surface area is 98.1 Å². The van der Waals surface area contributed by atoms with Gasteiger partial charge in [-0.1, -0.05) is 27.7 Å². The second-order valence-electron chi connectivity index (χ2n) is 5.96. The van der Waals surface area contributed by atoms with Gasteiger partial charge >= 0.3 is 0 Å². The summed E-state index contributed by atoms with van der Waals surface area (Å²) in [6.45, 7) is 11.1. The van der Waals surface area contributed by atoms with Crippen molar-refractivity contribution in [1.82, 2.24) is 4.90 Å². The van der Waals surface area contributed by atoms with Crippen LogP contribution in [0.15, 0.2) is 11.8 Å². The van der Waals surface area contributed by atoms with E-state index in [-0.39, 0.29) is 17.1 Å². The zero-order valence-corrected chi connectivity index (χ0v) is 11.0. The molecule has 0 aromatic carbocycles. The molecule has 1 atom stereocenters. The molecule has 0 aromatic rings. The number of hydrogen-bond donors (Lipinski definition) is 1. The molecule has 0 fully saturated rings. The van der Waals surface area contributed by atoms with Gasteiger partial charge in [0.05, 0.1) is 5.54 Å². The molecule has 1 aliphatic heterocycles. The zero-order chi connectivity index (χ0) is 12.6. The van der Waals surface area contributed by atoms with E-state index < -0.39 is 5.54 Å². The molecule has 0 aliphatic carbocycles. The number of nitrogens with zero attached hydrogens (tertiary/aromatic N) is 1.